The van der Waals surface area contributed by atoms with Crippen LogP contribution in [0.1, 0.15) is 24.4 Å². The molecule has 18 heteroatoms. The lowest BCUT2D eigenvalue weighted by atomic mass is 10.1. The second kappa shape index (κ2) is 10.6. The monoisotopic (exact) mass is 548 g/mol. The molecule has 0 saturated carbocycles. The van der Waals surface area contributed by atoms with Gasteiger partial charge in [0, 0.05) is 30.4 Å². The first-order valence-electron chi connectivity index (χ1n) is 11.0. The number of aryl methyl sites for hydroxylation is 1. The van der Waals surface area contributed by atoms with E-state index in [4.69, 9.17) is 18.5 Å². The number of nitrogens with zero attached hydrogens (tertiary/aromatic N) is 2. The van der Waals surface area contributed by atoms with Gasteiger partial charge in [-0.25, -0.2) is 14.2 Å². The van der Waals surface area contributed by atoms with E-state index in [2.05, 4.69) is 4.98 Å². The highest BCUT2D eigenvalue weighted by molar-refractivity contribution is 7.47. The number of ether oxygens (including phenoxy) is 2. The highest BCUT2D eigenvalue weighted by Crippen LogP contribution is 2.45. The van der Waals surface area contributed by atoms with E-state index in [9.17, 15) is 44.0 Å². The van der Waals surface area contributed by atoms with Crippen LogP contribution in [0.25, 0.3) is 0 Å². The van der Waals surface area contributed by atoms with E-state index >= 15 is 0 Å². The van der Waals surface area contributed by atoms with Crippen LogP contribution in [0.3, 0.4) is 0 Å². The van der Waals surface area contributed by atoms with Crippen molar-refractivity contribution in [3.8, 4) is 0 Å². The minimum atomic E-state index is -4.79. The minimum absolute atomic E-state index is 0.0679. The van der Waals surface area contributed by atoms with Crippen molar-refractivity contribution in [3.05, 3.63) is 65.7 Å². The van der Waals surface area contributed by atoms with Crippen LogP contribution < -0.4 is 22.5 Å². The Labute approximate surface area is 206 Å². The molecular formula is C19H25N4O13P. The van der Waals surface area contributed by atoms with Crippen molar-refractivity contribution in [1.29, 1.82) is 0 Å². The van der Waals surface area contributed by atoms with Gasteiger partial charge in [0.2, 0.25) is 0 Å². The molecule has 8 atom stereocenters. The maximum absolute atomic E-state index is 12.3. The van der Waals surface area contributed by atoms with Gasteiger partial charge in [-0.2, -0.15) is 0 Å². The number of H-pyrrole nitrogens is 2. The normalized spacial score (nSPS) is 31.4. The van der Waals surface area contributed by atoms with E-state index in [0.29, 0.717) is 0 Å². The molecule has 2 saturated heterocycles. The molecular weight excluding hydrogens is 523 g/mol. The highest BCUT2D eigenvalue weighted by Gasteiger charge is 2.45. The molecule has 0 amide bonds. The second-order valence-electron chi connectivity index (χ2n) is 8.53. The van der Waals surface area contributed by atoms with E-state index in [0.717, 1.165) is 21.4 Å². The summed E-state index contributed by atoms with van der Waals surface area (Å²) in [4.78, 5) is 60.8. The van der Waals surface area contributed by atoms with Gasteiger partial charge < -0.3 is 29.7 Å². The zero-order valence-electron chi connectivity index (χ0n) is 19.2. The number of phosphoric acid groups is 1. The van der Waals surface area contributed by atoms with Crippen LogP contribution in [0.5, 0.6) is 0 Å². The number of nitrogens with one attached hydrogen (secondary N) is 2. The fourth-order valence-electron chi connectivity index (χ4n) is 3.93. The first-order valence-corrected chi connectivity index (χ1v) is 12.5. The maximum atomic E-state index is 12.3. The van der Waals surface area contributed by atoms with Crippen molar-refractivity contribution in [2.24, 2.45) is 0 Å². The Bertz CT molecular complexity index is 1420. The van der Waals surface area contributed by atoms with Gasteiger partial charge in [-0.15, -0.1) is 0 Å². The predicted octanol–water partition coefficient (Wildman–Crippen LogP) is -3.20. The summed E-state index contributed by atoms with van der Waals surface area (Å²) in [7, 11) is -4.79. The van der Waals surface area contributed by atoms with Crippen LogP contribution in [0.15, 0.2) is 37.6 Å². The average molecular weight is 548 g/mol. The second-order valence-corrected chi connectivity index (χ2v) is 9.99. The molecule has 0 aliphatic carbocycles. The zero-order valence-corrected chi connectivity index (χ0v) is 20.1. The summed E-state index contributed by atoms with van der Waals surface area (Å²) in [6, 6.07) is 1.00. The molecule has 37 heavy (non-hydrogen) atoms. The Morgan fingerprint density at radius 2 is 1.65 bits per heavy atom. The number of aliphatic hydroxyl groups is 3. The van der Waals surface area contributed by atoms with Crippen LogP contribution in [-0.2, 0) is 23.1 Å². The van der Waals surface area contributed by atoms with E-state index in [-0.39, 0.29) is 12.0 Å². The smallest absolute Gasteiger partial charge is 0.390 e. The molecule has 17 nitrogen and oxygen atoms in total. The fourth-order valence-corrected chi connectivity index (χ4v) is 4.68. The molecule has 2 fully saturated rings. The Morgan fingerprint density at radius 3 is 2.32 bits per heavy atom. The van der Waals surface area contributed by atoms with Crippen LogP contribution in [-0.4, -0.2) is 83.0 Å². The van der Waals surface area contributed by atoms with Gasteiger partial charge in [0.15, 0.2) is 6.23 Å². The van der Waals surface area contributed by atoms with E-state index < -0.39 is 86.5 Å². The topological polar surface area (TPSA) is 245 Å². The average Bonchev–Trinajstić information content (AvgIpc) is 3.33. The van der Waals surface area contributed by atoms with Gasteiger partial charge in [-0.05, 0) is 6.92 Å². The van der Waals surface area contributed by atoms with Crippen molar-refractivity contribution >= 4 is 7.82 Å². The summed E-state index contributed by atoms with van der Waals surface area (Å²) in [6.45, 7) is 0.128. The molecule has 2 aliphatic heterocycles. The van der Waals surface area contributed by atoms with Crippen LogP contribution >= 0.6 is 7.82 Å². The molecule has 0 radical (unpaired) electrons. The number of aliphatic hydroxyl groups excluding tert-OH is 3. The molecule has 0 bridgehead atoms. The van der Waals surface area contributed by atoms with Crippen molar-refractivity contribution in [3.63, 3.8) is 0 Å². The highest BCUT2D eigenvalue weighted by atomic mass is 31.2. The molecule has 4 heterocycles. The Morgan fingerprint density at radius 1 is 1.00 bits per heavy atom. The quantitative estimate of drug-likeness (QED) is 0.178. The lowest BCUT2D eigenvalue weighted by molar-refractivity contribution is -0.0619. The lowest BCUT2D eigenvalue weighted by Crippen LogP contribution is -2.37. The predicted molar refractivity (Wildman–Crippen MR) is 120 cm³/mol. The van der Waals surface area contributed by atoms with Crippen molar-refractivity contribution in [1.82, 2.24) is 19.1 Å². The molecule has 2 aromatic rings. The van der Waals surface area contributed by atoms with Gasteiger partial charge in [0.25, 0.3) is 11.1 Å². The van der Waals surface area contributed by atoms with Crippen LogP contribution in [0.4, 0.5) is 0 Å². The van der Waals surface area contributed by atoms with Crippen LogP contribution in [0, 0.1) is 6.92 Å². The zero-order chi connectivity index (χ0) is 27.1. The van der Waals surface area contributed by atoms with Crippen molar-refractivity contribution in [2.45, 2.75) is 56.3 Å². The van der Waals surface area contributed by atoms with Crippen molar-refractivity contribution in [2.75, 3.05) is 13.2 Å². The molecule has 0 aromatic carbocycles. The number of aromatic amines is 2. The first kappa shape index (κ1) is 27.3. The summed E-state index contributed by atoms with van der Waals surface area (Å²) in [5.41, 5.74) is -2.69. The van der Waals surface area contributed by atoms with Gasteiger partial charge >= 0.3 is 19.2 Å². The minimum Gasteiger partial charge on any atom is -0.390 e. The van der Waals surface area contributed by atoms with Gasteiger partial charge in [0.1, 0.15) is 30.6 Å². The van der Waals surface area contributed by atoms with Gasteiger partial charge in [-0.1, -0.05) is 0 Å². The molecule has 204 valence electrons. The molecule has 1 unspecified atom stereocenters. The lowest BCUT2D eigenvalue weighted by Gasteiger charge is -2.20. The van der Waals surface area contributed by atoms with Crippen LogP contribution in [0.2, 0.25) is 0 Å². The number of rotatable bonds is 8. The fraction of sp³-hybridized carbons (Fsp3) is 0.579. The third-order valence-corrected chi connectivity index (χ3v) is 6.88. The third kappa shape index (κ3) is 5.90. The summed E-state index contributed by atoms with van der Waals surface area (Å²) in [5.74, 6) is 0. The Balaban J connectivity index is 1.33. The number of phosphoric ester groups is 1. The van der Waals surface area contributed by atoms with E-state index in [1.165, 1.54) is 13.1 Å². The molecule has 0 spiro atoms. The standard InChI is InChI=1S/C19H25N4O13P/c1-8-5-23(19(30)21-16(8)28)13-4-9(24)10(35-13)6-33-37(31,32)34-7-11-14(26)15(27)17(36-11)22-3-2-12(25)20-18(22)29/h2-3,5,9-11,13-15,17,24,26-27H,4,6-7H2,1H3,(H,31,32)(H,20,25,29)(H,21,28,30)/t9-,10+,11+,13+,14+,15+,17+/m0/s1. The summed E-state index contributed by atoms with van der Waals surface area (Å²) >= 11 is 0. The molecule has 6 N–H and O–H groups in total. The number of aromatic nitrogens is 4. The van der Waals surface area contributed by atoms with Crippen molar-refractivity contribution < 1.29 is 43.3 Å². The largest absolute Gasteiger partial charge is 0.472 e. The van der Waals surface area contributed by atoms with Gasteiger partial charge in [-0.3, -0.25) is 37.7 Å². The number of hydrogen-bond acceptors (Lipinski definition) is 12. The summed E-state index contributed by atoms with van der Waals surface area (Å²) in [6.07, 6.45) is -7.05. The summed E-state index contributed by atoms with van der Waals surface area (Å²) in [5, 5.41) is 30.7. The maximum Gasteiger partial charge on any atom is 0.472 e. The molecule has 2 aromatic heterocycles. The molecule has 2 aliphatic rings. The van der Waals surface area contributed by atoms with Gasteiger partial charge in [0.05, 0.1) is 19.3 Å². The van der Waals surface area contributed by atoms with E-state index in [1.54, 1.807) is 0 Å². The number of hydrogen-bond donors (Lipinski definition) is 6. The van der Waals surface area contributed by atoms with E-state index in [1.807, 2.05) is 4.98 Å². The third-order valence-electron chi connectivity index (χ3n) is 5.93. The molecule has 4 rings (SSSR count). The SMILES string of the molecule is Cc1cn([C@H]2C[C@H](O)[C@@H](COP(=O)(O)OC[C@H]3O[C@@H](n4ccc(=O)[nH]c4=O)[C@H](O)[C@@H]3O)O2)c(=O)[nH]c1=O. The summed E-state index contributed by atoms with van der Waals surface area (Å²) < 4.78 is 34.9. The Hall–Kier alpha value is -2.73. The first-order chi connectivity index (χ1) is 17.4. The Kier molecular flexibility index (Phi) is 7.80.